The molecule has 0 aliphatic rings. The van der Waals surface area contributed by atoms with Crippen LogP contribution in [0.3, 0.4) is 0 Å². The number of aromatic amines is 1. The third kappa shape index (κ3) is 2.13. The summed E-state index contributed by atoms with van der Waals surface area (Å²) in [6.07, 6.45) is 1.56. The van der Waals surface area contributed by atoms with E-state index in [1.807, 2.05) is 0 Å². The summed E-state index contributed by atoms with van der Waals surface area (Å²) in [5.41, 5.74) is 0. The average molecular weight is 212 g/mol. The number of hydrogen-bond acceptors (Lipinski definition) is 6. The van der Waals surface area contributed by atoms with Crippen LogP contribution in [0.2, 0.25) is 5.28 Å². The number of halogens is 1. The van der Waals surface area contributed by atoms with Gasteiger partial charge in [0.2, 0.25) is 5.28 Å². The van der Waals surface area contributed by atoms with E-state index >= 15 is 0 Å². The van der Waals surface area contributed by atoms with Crippen LogP contribution >= 0.6 is 11.6 Å². The lowest BCUT2D eigenvalue weighted by Crippen LogP contribution is -2.03. The summed E-state index contributed by atoms with van der Waals surface area (Å²) < 4.78 is 0. The lowest BCUT2D eigenvalue weighted by Gasteiger charge is -2.00. The third-order valence-corrected chi connectivity index (χ3v) is 1.63. The molecule has 2 aromatic heterocycles. The van der Waals surface area contributed by atoms with E-state index in [9.17, 15) is 0 Å². The van der Waals surface area contributed by atoms with E-state index in [1.165, 1.54) is 0 Å². The second-order valence-corrected chi connectivity index (χ2v) is 2.73. The van der Waals surface area contributed by atoms with Crippen LogP contribution in [-0.2, 0) is 6.54 Å². The molecule has 0 aliphatic carbocycles. The summed E-state index contributed by atoms with van der Waals surface area (Å²) in [4.78, 5) is 7.68. The molecule has 2 aromatic rings. The van der Waals surface area contributed by atoms with Crippen molar-refractivity contribution in [3.63, 3.8) is 0 Å². The highest BCUT2D eigenvalue weighted by Crippen LogP contribution is 2.06. The Hall–Kier alpha value is -1.76. The fraction of sp³-hybridized carbons (Fsp3) is 0.167. The SMILES string of the molecule is Clc1nccc(NCc2nn[nH]n2)n1. The standard InChI is InChI=1S/C6H6ClN7/c7-6-8-2-1-4(10-6)9-3-5-11-13-14-12-5/h1-2H,3H2,(H,8,9,10)(H,11,12,13,14). The van der Waals surface area contributed by atoms with Gasteiger partial charge in [-0.2, -0.15) is 5.21 Å². The van der Waals surface area contributed by atoms with E-state index in [-0.39, 0.29) is 5.28 Å². The monoisotopic (exact) mass is 211 g/mol. The molecule has 0 fully saturated rings. The van der Waals surface area contributed by atoms with Gasteiger partial charge < -0.3 is 5.32 Å². The van der Waals surface area contributed by atoms with Gasteiger partial charge in [0.15, 0.2) is 5.82 Å². The summed E-state index contributed by atoms with van der Waals surface area (Å²) in [6, 6.07) is 1.70. The predicted molar refractivity (Wildman–Crippen MR) is 48.5 cm³/mol. The van der Waals surface area contributed by atoms with Crippen LogP contribution in [-0.4, -0.2) is 30.6 Å². The molecule has 0 radical (unpaired) electrons. The van der Waals surface area contributed by atoms with Crippen molar-refractivity contribution in [2.24, 2.45) is 0 Å². The number of nitrogens with one attached hydrogen (secondary N) is 2. The average Bonchev–Trinajstić information content (AvgIpc) is 2.67. The van der Waals surface area contributed by atoms with Gasteiger partial charge in [0.05, 0.1) is 6.54 Å². The van der Waals surface area contributed by atoms with Crippen molar-refractivity contribution >= 4 is 17.4 Å². The molecule has 2 heterocycles. The van der Waals surface area contributed by atoms with Gasteiger partial charge in [0.25, 0.3) is 0 Å². The predicted octanol–water partition coefficient (Wildman–Crippen LogP) is 0.255. The smallest absolute Gasteiger partial charge is 0.224 e. The first kappa shape index (κ1) is 8.82. The Labute approximate surface area is 83.9 Å². The first-order chi connectivity index (χ1) is 6.84. The molecule has 2 N–H and O–H groups in total. The zero-order valence-electron chi connectivity index (χ0n) is 6.98. The van der Waals surface area contributed by atoms with Crippen molar-refractivity contribution in [2.45, 2.75) is 6.54 Å². The van der Waals surface area contributed by atoms with Crippen LogP contribution in [0, 0.1) is 0 Å². The molecular formula is C6H6ClN7. The van der Waals surface area contributed by atoms with Crippen LogP contribution in [0.15, 0.2) is 12.3 Å². The molecule has 0 atom stereocenters. The van der Waals surface area contributed by atoms with E-state index in [0.717, 1.165) is 0 Å². The van der Waals surface area contributed by atoms with Crippen molar-refractivity contribution in [1.29, 1.82) is 0 Å². The molecule has 0 aromatic carbocycles. The Morgan fingerprint density at radius 1 is 1.50 bits per heavy atom. The fourth-order valence-electron chi connectivity index (χ4n) is 0.860. The Bertz CT molecular complexity index is 400. The van der Waals surface area contributed by atoms with Crippen molar-refractivity contribution in [3.05, 3.63) is 23.4 Å². The minimum absolute atomic E-state index is 0.197. The van der Waals surface area contributed by atoms with Gasteiger partial charge >= 0.3 is 0 Å². The molecule has 0 spiro atoms. The molecule has 0 saturated heterocycles. The third-order valence-electron chi connectivity index (χ3n) is 1.44. The van der Waals surface area contributed by atoms with Crippen LogP contribution in [0.4, 0.5) is 5.82 Å². The summed E-state index contributed by atoms with van der Waals surface area (Å²) in [5.74, 6) is 1.18. The zero-order valence-corrected chi connectivity index (χ0v) is 7.73. The quantitative estimate of drug-likeness (QED) is 0.708. The lowest BCUT2D eigenvalue weighted by atomic mass is 10.5. The van der Waals surface area contributed by atoms with E-state index < -0.39 is 0 Å². The number of aromatic nitrogens is 6. The molecule has 14 heavy (non-hydrogen) atoms. The van der Waals surface area contributed by atoms with Crippen molar-refractivity contribution < 1.29 is 0 Å². The van der Waals surface area contributed by atoms with Gasteiger partial charge in [-0.25, -0.2) is 9.97 Å². The molecular weight excluding hydrogens is 206 g/mol. The number of tetrazole rings is 1. The second-order valence-electron chi connectivity index (χ2n) is 2.39. The Balaban J connectivity index is 1.98. The summed E-state index contributed by atoms with van der Waals surface area (Å²) in [5, 5.41) is 16.5. The Morgan fingerprint density at radius 2 is 2.43 bits per heavy atom. The highest BCUT2D eigenvalue weighted by atomic mass is 35.5. The van der Waals surface area contributed by atoms with Crippen molar-refractivity contribution in [3.8, 4) is 0 Å². The number of anilines is 1. The molecule has 2 rings (SSSR count). The van der Waals surface area contributed by atoms with Crippen molar-refractivity contribution in [2.75, 3.05) is 5.32 Å². The van der Waals surface area contributed by atoms with Gasteiger partial charge in [-0.1, -0.05) is 5.21 Å². The van der Waals surface area contributed by atoms with Gasteiger partial charge in [0, 0.05) is 6.20 Å². The van der Waals surface area contributed by atoms with E-state index in [1.54, 1.807) is 12.3 Å². The molecule has 8 heteroatoms. The first-order valence-electron chi connectivity index (χ1n) is 3.79. The van der Waals surface area contributed by atoms with Crippen LogP contribution < -0.4 is 5.32 Å². The minimum atomic E-state index is 0.197. The topological polar surface area (TPSA) is 92.3 Å². The largest absolute Gasteiger partial charge is 0.362 e. The molecule has 0 saturated carbocycles. The minimum Gasteiger partial charge on any atom is -0.362 e. The lowest BCUT2D eigenvalue weighted by molar-refractivity contribution is 0.881. The van der Waals surface area contributed by atoms with Crippen molar-refractivity contribution in [1.82, 2.24) is 30.6 Å². The highest BCUT2D eigenvalue weighted by molar-refractivity contribution is 6.28. The van der Waals surface area contributed by atoms with E-state index in [2.05, 4.69) is 35.9 Å². The van der Waals surface area contributed by atoms with Gasteiger partial charge in [0.1, 0.15) is 5.82 Å². The maximum atomic E-state index is 5.59. The first-order valence-corrected chi connectivity index (χ1v) is 4.17. The number of H-pyrrole nitrogens is 1. The van der Waals surface area contributed by atoms with Gasteiger partial charge in [-0.3, -0.25) is 0 Å². The molecule has 0 bridgehead atoms. The number of hydrogen-bond donors (Lipinski definition) is 2. The number of rotatable bonds is 3. The second kappa shape index (κ2) is 3.97. The molecule has 0 unspecified atom stereocenters. The molecule has 0 aliphatic heterocycles. The highest BCUT2D eigenvalue weighted by Gasteiger charge is 1.99. The maximum Gasteiger partial charge on any atom is 0.224 e. The molecule has 0 amide bonds. The van der Waals surface area contributed by atoms with Gasteiger partial charge in [-0.15, -0.1) is 10.2 Å². The summed E-state index contributed by atoms with van der Waals surface area (Å²) >= 11 is 5.59. The number of nitrogens with zero attached hydrogens (tertiary/aromatic N) is 5. The van der Waals surface area contributed by atoms with E-state index in [0.29, 0.717) is 18.2 Å². The Kier molecular flexibility index (Phi) is 2.50. The maximum absolute atomic E-state index is 5.59. The molecule has 72 valence electrons. The Morgan fingerprint density at radius 3 is 3.14 bits per heavy atom. The van der Waals surface area contributed by atoms with Crippen LogP contribution in [0.5, 0.6) is 0 Å². The van der Waals surface area contributed by atoms with E-state index in [4.69, 9.17) is 11.6 Å². The normalized spacial score (nSPS) is 10.1. The molecule has 7 nitrogen and oxygen atoms in total. The zero-order chi connectivity index (χ0) is 9.80. The summed E-state index contributed by atoms with van der Waals surface area (Å²) in [6.45, 7) is 0.434. The van der Waals surface area contributed by atoms with Crippen LogP contribution in [0.25, 0.3) is 0 Å². The summed E-state index contributed by atoms with van der Waals surface area (Å²) in [7, 11) is 0. The fourth-order valence-corrected chi connectivity index (χ4v) is 1.01. The van der Waals surface area contributed by atoms with Gasteiger partial charge in [-0.05, 0) is 17.7 Å². The van der Waals surface area contributed by atoms with Crippen LogP contribution in [0.1, 0.15) is 5.82 Å².